The molecule has 0 saturated carbocycles. The van der Waals surface area contributed by atoms with Crippen molar-refractivity contribution in [2.75, 3.05) is 29.2 Å². The Morgan fingerprint density at radius 2 is 2.00 bits per heavy atom. The van der Waals surface area contributed by atoms with Crippen LogP contribution < -0.4 is 15.1 Å². The van der Waals surface area contributed by atoms with E-state index in [2.05, 4.69) is 10.3 Å². The summed E-state index contributed by atoms with van der Waals surface area (Å²) >= 11 is 0. The number of para-hydroxylation sites is 1. The minimum atomic E-state index is -4.62. The number of anilines is 3. The number of nitrogens with zero attached hydrogens (tertiary/aromatic N) is 3. The van der Waals surface area contributed by atoms with E-state index in [9.17, 15) is 27.2 Å². The van der Waals surface area contributed by atoms with Gasteiger partial charge in [-0.3, -0.25) is 14.5 Å². The minimum absolute atomic E-state index is 0.0107. The molecular weight excluding hydrogens is 404 g/mol. The Balaban J connectivity index is 1.99. The number of alkyl halides is 3. The maximum absolute atomic E-state index is 14.1. The van der Waals surface area contributed by atoms with Crippen LogP contribution in [0.3, 0.4) is 0 Å². The number of hydrogen-bond acceptors (Lipinski definition) is 4. The van der Waals surface area contributed by atoms with Crippen molar-refractivity contribution in [3.05, 3.63) is 47.4 Å². The fourth-order valence-electron chi connectivity index (χ4n) is 3.53. The zero-order valence-corrected chi connectivity index (χ0v) is 16.5. The van der Waals surface area contributed by atoms with Gasteiger partial charge in [-0.15, -0.1) is 0 Å². The molecule has 30 heavy (non-hydrogen) atoms. The first-order valence-corrected chi connectivity index (χ1v) is 9.16. The molecule has 0 radical (unpaired) electrons. The Labute approximate surface area is 170 Å². The number of aromatic nitrogens is 1. The molecule has 0 bridgehead atoms. The maximum atomic E-state index is 14.1. The highest BCUT2D eigenvalue weighted by Gasteiger charge is 2.41. The zero-order valence-electron chi connectivity index (χ0n) is 16.5. The molecule has 3 rings (SSSR count). The Hall–Kier alpha value is -3.17. The van der Waals surface area contributed by atoms with E-state index in [4.69, 9.17) is 0 Å². The Morgan fingerprint density at radius 1 is 1.30 bits per heavy atom. The van der Waals surface area contributed by atoms with Gasteiger partial charge >= 0.3 is 6.18 Å². The van der Waals surface area contributed by atoms with Crippen LogP contribution in [-0.2, 0) is 15.8 Å². The minimum Gasteiger partial charge on any atom is -0.384 e. The van der Waals surface area contributed by atoms with Gasteiger partial charge < -0.3 is 10.2 Å². The third kappa shape index (κ3) is 3.94. The van der Waals surface area contributed by atoms with Gasteiger partial charge in [0.1, 0.15) is 17.7 Å². The first-order valence-electron chi connectivity index (χ1n) is 9.16. The van der Waals surface area contributed by atoms with E-state index < -0.39 is 35.4 Å². The lowest BCUT2D eigenvalue weighted by atomic mass is 10.1. The molecule has 1 saturated heterocycles. The predicted molar refractivity (Wildman–Crippen MR) is 104 cm³/mol. The van der Waals surface area contributed by atoms with Gasteiger partial charge in [0, 0.05) is 26.2 Å². The summed E-state index contributed by atoms with van der Waals surface area (Å²) in [6.07, 6.45) is -4.52. The van der Waals surface area contributed by atoms with Crippen LogP contribution >= 0.6 is 0 Å². The lowest BCUT2D eigenvalue weighted by Gasteiger charge is -2.29. The molecule has 1 aliphatic rings. The molecule has 2 aromatic rings. The molecule has 6 nitrogen and oxygen atoms in total. The van der Waals surface area contributed by atoms with Crippen molar-refractivity contribution < 1.29 is 27.2 Å². The van der Waals surface area contributed by atoms with Crippen molar-refractivity contribution >= 4 is 29.0 Å². The van der Waals surface area contributed by atoms with Crippen molar-refractivity contribution in [1.82, 2.24) is 4.98 Å². The molecule has 1 N–H and O–H groups in total. The molecule has 0 aliphatic carbocycles. The average molecular weight is 424 g/mol. The van der Waals surface area contributed by atoms with Crippen molar-refractivity contribution in [2.45, 2.75) is 32.0 Å². The number of benzene rings is 1. The van der Waals surface area contributed by atoms with Crippen LogP contribution in [0.5, 0.6) is 0 Å². The van der Waals surface area contributed by atoms with Gasteiger partial charge in [-0.1, -0.05) is 6.07 Å². The first-order chi connectivity index (χ1) is 14.0. The van der Waals surface area contributed by atoms with E-state index in [0.717, 1.165) is 17.0 Å². The molecule has 1 fully saturated rings. The molecule has 1 aliphatic heterocycles. The molecule has 1 aromatic heterocycles. The van der Waals surface area contributed by atoms with Gasteiger partial charge in [-0.05, 0) is 37.6 Å². The van der Waals surface area contributed by atoms with Gasteiger partial charge in [0.2, 0.25) is 11.8 Å². The molecular formula is C20H20F4N4O2. The van der Waals surface area contributed by atoms with Crippen molar-refractivity contribution in [3.8, 4) is 0 Å². The number of amides is 2. The van der Waals surface area contributed by atoms with Gasteiger partial charge in [-0.2, -0.15) is 13.2 Å². The number of carbonyl (C=O) groups is 2. The third-order valence-corrected chi connectivity index (χ3v) is 4.94. The third-order valence-electron chi connectivity index (χ3n) is 4.94. The fourth-order valence-corrected chi connectivity index (χ4v) is 3.53. The summed E-state index contributed by atoms with van der Waals surface area (Å²) in [5, 5.41) is 2.69. The Bertz CT molecular complexity index is 993. The van der Waals surface area contributed by atoms with Crippen molar-refractivity contribution in [1.29, 1.82) is 0 Å². The largest absolute Gasteiger partial charge is 0.416 e. The molecule has 1 aromatic carbocycles. The molecule has 1 atom stereocenters. The summed E-state index contributed by atoms with van der Waals surface area (Å²) in [5.74, 6) is -1.85. The molecule has 160 valence electrons. The second-order valence-electron chi connectivity index (χ2n) is 6.95. The summed E-state index contributed by atoms with van der Waals surface area (Å²) in [7, 11) is 2.92. The predicted octanol–water partition coefficient (Wildman–Crippen LogP) is 3.75. The topological polar surface area (TPSA) is 65.5 Å². The second-order valence-corrected chi connectivity index (χ2v) is 6.95. The van der Waals surface area contributed by atoms with E-state index in [0.29, 0.717) is 0 Å². The highest BCUT2D eigenvalue weighted by molar-refractivity contribution is 6.08. The van der Waals surface area contributed by atoms with E-state index >= 15 is 0 Å². The number of halogens is 4. The van der Waals surface area contributed by atoms with Crippen LogP contribution in [0.4, 0.5) is 34.8 Å². The number of carbonyl (C=O) groups excluding carboxylic acids is 2. The normalized spacial score (nSPS) is 16.7. The Kier molecular flexibility index (Phi) is 5.69. The second kappa shape index (κ2) is 7.92. The number of hydrogen-bond donors (Lipinski definition) is 1. The molecule has 0 spiro atoms. The molecule has 2 amide bonds. The monoisotopic (exact) mass is 424 g/mol. The van der Waals surface area contributed by atoms with Crippen LogP contribution in [0.2, 0.25) is 0 Å². The van der Waals surface area contributed by atoms with Gasteiger partial charge in [-0.25, -0.2) is 9.37 Å². The number of rotatable bonds is 4. The number of likely N-dealkylation sites (N-methyl/N-ethyl adjacent to an activating group) is 1. The number of nitrogens with one attached hydrogen (secondary N) is 1. The van der Waals surface area contributed by atoms with E-state index in [1.165, 1.54) is 44.1 Å². The molecule has 1 unspecified atom stereocenters. The standard InChI is InChI=1S/C20H20F4N4O2/c1-11-9-12(20(22,23)24)10-16(26-11)28-15(7-8-17(28)29)19(30)27(3)14-6-4-5-13(21)18(14)25-2/h4-6,9-10,15,25H,7-8H2,1-3H3. The number of pyridine rings is 1. The SMILES string of the molecule is CNc1c(F)cccc1N(C)C(=O)C1CCC(=O)N1c1cc(C(F)(F)F)cc(C)n1. The van der Waals surface area contributed by atoms with Crippen LogP contribution in [0.25, 0.3) is 0 Å². The van der Waals surface area contributed by atoms with Crippen LogP contribution in [0.1, 0.15) is 24.1 Å². The van der Waals surface area contributed by atoms with Crippen LogP contribution in [0.15, 0.2) is 30.3 Å². The summed E-state index contributed by atoms with van der Waals surface area (Å²) in [4.78, 5) is 31.9. The lowest BCUT2D eigenvalue weighted by molar-refractivity contribution is -0.137. The lowest BCUT2D eigenvalue weighted by Crippen LogP contribution is -2.46. The highest BCUT2D eigenvalue weighted by Crippen LogP contribution is 2.35. The quantitative estimate of drug-likeness (QED) is 0.760. The summed E-state index contributed by atoms with van der Waals surface area (Å²) < 4.78 is 53.7. The Morgan fingerprint density at radius 3 is 2.63 bits per heavy atom. The van der Waals surface area contributed by atoms with E-state index in [-0.39, 0.29) is 35.7 Å². The van der Waals surface area contributed by atoms with Crippen molar-refractivity contribution in [3.63, 3.8) is 0 Å². The van der Waals surface area contributed by atoms with Crippen LogP contribution in [-0.4, -0.2) is 36.9 Å². The summed E-state index contributed by atoms with van der Waals surface area (Å²) in [6.45, 7) is 1.38. The average Bonchev–Trinajstić information content (AvgIpc) is 3.06. The number of aryl methyl sites for hydroxylation is 1. The fraction of sp³-hybridized carbons (Fsp3) is 0.350. The van der Waals surface area contributed by atoms with E-state index in [1.807, 2.05) is 0 Å². The summed E-state index contributed by atoms with van der Waals surface area (Å²) in [5.41, 5.74) is -0.541. The highest BCUT2D eigenvalue weighted by atomic mass is 19.4. The van der Waals surface area contributed by atoms with Gasteiger partial charge in [0.15, 0.2) is 0 Å². The molecule has 10 heteroatoms. The first kappa shape index (κ1) is 21.5. The van der Waals surface area contributed by atoms with Gasteiger partial charge in [0.05, 0.1) is 16.9 Å². The van der Waals surface area contributed by atoms with E-state index in [1.54, 1.807) is 0 Å². The smallest absolute Gasteiger partial charge is 0.384 e. The summed E-state index contributed by atoms with van der Waals surface area (Å²) in [6, 6.07) is 4.78. The van der Waals surface area contributed by atoms with Crippen LogP contribution in [0, 0.1) is 12.7 Å². The molecule has 2 heterocycles. The maximum Gasteiger partial charge on any atom is 0.416 e. The van der Waals surface area contributed by atoms with Gasteiger partial charge in [0.25, 0.3) is 0 Å². The zero-order chi connectivity index (χ0) is 22.2. The van der Waals surface area contributed by atoms with Crippen molar-refractivity contribution in [2.24, 2.45) is 0 Å².